The second kappa shape index (κ2) is 3.28. The molecule has 0 atom stereocenters. The molecule has 71 valence electrons. The molecule has 1 heteroatoms. The van der Waals surface area contributed by atoms with Gasteiger partial charge in [-0.3, -0.25) is 0 Å². The van der Waals surface area contributed by atoms with Gasteiger partial charge in [0.15, 0.2) is 0 Å². The van der Waals surface area contributed by atoms with Gasteiger partial charge in [0.05, 0.1) is 6.26 Å². The third-order valence-corrected chi connectivity index (χ3v) is 2.43. The number of rotatable bonds is 1. The molecule has 0 saturated heterocycles. The standard InChI is InChI=1S/C14H9O/c1-2-5-11-9-13(10-12(11)6-3-1)14-7-4-8-15-14/h1-9H. The SMILES string of the molecule is [c]1c2cccccc-2cc1-c1ccco1. The number of fused-ring (bicyclic) bond motifs is 1. The largest absolute Gasteiger partial charge is 0.464 e. The molecule has 1 aromatic rings. The average molecular weight is 193 g/mol. The van der Waals surface area contributed by atoms with E-state index in [9.17, 15) is 0 Å². The Morgan fingerprint density at radius 1 is 0.867 bits per heavy atom. The van der Waals surface area contributed by atoms with Gasteiger partial charge in [-0.2, -0.15) is 0 Å². The molecule has 0 bridgehead atoms. The normalized spacial score (nSPS) is 10.7. The van der Waals surface area contributed by atoms with Gasteiger partial charge in [-0.05, 0) is 29.3 Å². The summed E-state index contributed by atoms with van der Waals surface area (Å²) in [6.45, 7) is 0. The first-order valence-corrected chi connectivity index (χ1v) is 4.88. The van der Waals surface area contributed by atoms with Crippen LogP contribution in [0.2, 0.25) is 0 Å². The Bertz CT molecular complexity index is 506. The zero-order valence-electron chi connectivity index (χ0n) is 8.10. The topological polar surface area (TPSA) is 13.1 Å². The number of furan rings is 1. The van der Waals surface area contributed by atoms with Crippen molar-refractivity contribution in [1.82, 2.24) is 0 Å². The molecule has 2 aliphatic carbocycles. The quantitative estimate of drug-likeness (QED) is 0.572. The van der Waals surface area contributed by atoms with E-state index >= 15 is 0 Å². The van der Waals surface area contributed by atoms with Gasteiger partial charge in [0.1, 0.15) is 5.76 Å². The van der Waals surface area contributed by atoms with E-state index in [0.29, 0.717) is 0 Å². The van der Waals surface area contributed by atoms with Crippen LogP contribution in [0.1, 0.15) is 0 Å². The summed E-state index contributed by atoms with van der Waals surface area (Å²) >= 11 is 0. The lowest BCUT2D eigenvalue weighted by molar-refractivity contribution is 0.582. The molecule has 0 saturated carbocycles. The highest BCUT2D eigenvalue weighted by Gasteiger charge is 2.08. The molecule has 0 fully saturated rings. The smallest absolute Gasteiger partial charge is 0.134 e. The van der Waals surface area contributed by atoms with Crippen molar-refractivity contribution in [3.63, 3.8) is 0 Å². The first-order valence-electron chi connectivity index (χ1n) is 4.88. The van der Waals surface area contributed by atoms with Crippen LogP contribution >= 0.6 is 0 Å². The van der Waals surface area contributed by atoms with E-state index in [0.717, 1.165) is 16.9 Å². The molecule has 0 N–H and O–H groups in total. The van der Waals surface area contributed by atoms with Crippen LogP contribution in [0.15, 0.2) is 59.2 Å². The molecule has 0 spiro atoms. The van der Waals surface area contributed by atoms with Crippen molar-refractivity contribution in [3.8, 4) is 22.5 Å². The summed E-state index contributed by atoms with van der Waals surface area (Å²) in [5, 5.41) is 0. The van der Waals surface area contributed by atoms with Gasteiger partial charge < -0.3 is 4.42 Å². The fourth-order valence-electron chi connectivity index (χ4n) is 1.70. The summed E-state index contributed by atoms with van der Waals surface area (Å²) in [4.78, 5) is 0. The van der Waals surface area contributed by atoms with Crippen LogP contribution in [0.4, 0.5) is 0 Å². The second-order valence-corrected chi connectivity index (χ2v) is 3.44. The monoisotopic (exact) mass is 193 g/mol. The maximum Gasteiger partial charge on any atom is 0.134 e. The van der Waals surface area contributed by atoms with E-state index in [4.69, 9.17) is 4.42 Å². The molecule has 1 nitrogen and oxygen atoms in total. The highest BCUT2D eigenvalue weighted by molar-refractivity contribution is 5.76. The van der Waals surface area contributed by atoms with E-state index in [1.807, 2.05) is 30.3 Å². The third kappa shape index (κ3) is 1.42. The summed E-state index contributed by atoms with van der Waals surface area (Å²) < 4.78 is 5.34. The highest BCUT2D eigenvalue weighted by atomic mass is 16.3. The summed E-state index contributed by atoms with van der Waals surface area (Å²) in [6, 6.07) is 19.5. The van der Waals surface area contributed by atoms with Crippen molar-refractivity contribution in [1.29, 1.82) is 0 Å². The lowest BCUT2D eigenvalue weighted by Gasteiger charge is -1.86. The maximum atomic E-state index is 5.34. The number of hydrogen-bond donors (Lipinski definition) is 0. The molecule has 1 radical (unpaired) electrons. The molecule has 1 aromatic heterocycles. The van der Waals surface area contributed by atoms with Crippen LogP contribution < -0.4 is 0 Å². The first kappa shape index (κ1) is 8.30. The molecule has 0 aliphatic heterocycles. The van der Waals surface area contributed by atoms with Crippen molar-refractivity contribution in [3.05, 3.63) is 60.9 Å². The lowest BCUT2D eigenvalue weighted by atomic mass is 10.2. The Morgan fingerprint density at radius 2 is 1.80 bits per heavy atom. The Hall–Kier alpha value is -2.02. The summed E-state index contributed by atoms with van der Waals surface area (Å²) in [7, 11) is 0. The maximum absolute atomic E-state index is 5.34. The van der Waals surface area contributed by atoms with Gasteiger partial charge in [-0.1, -0.05) is 30.3 Å². The molecule has 1 heterocycles. The highest BCUT2D eigenvalue weighted by Crippen LogP contribution is 2.30. The van der Waals surface area contributed by atoms with Crippen molar-refractivity contribution < 1.29 is 4.42 Å². The Labute approximate surface area is 88.3 Å². The van der Waals surface area contributed by atoms with Gasteiger partial charge in [0.2, 0.25) is 0 Å². The second-order valence-electron chi connectivity index (χ2n) is 3.44. The molecular weight excluding hydrogens is 184 g/mol. The summed E-state index contributed by atoms with van der Waals surface area (Å²) in [6.07, 6.45) is 1.68. The zero-order valence-corrected chi connectivity index (χ0v) is 8.10. The van der Waals surface area contributed by atoms with Crippen LogP contribution in [0.25, 0.3) is 22.5 Å². The predicted molar refractivity (Wildman–Crippen MR) is 59.6 cm³/mol. The lowest BCUT2D eigenvalue weighted by Crippen LogP contribution is -1.62. The van der Waals surface area contributed by atoms with Crippen LogP contribution in [0, 0.1) is 6.07 Å². The van der Waals surface area contributed by atoms with Crippen molar-refractivity contribution in [2.75, 3.05) is 0 Å². The fourth-order valence-corrected chi connectivity index (χ4v) is 1.70. The third-order valence-electron chi connectivity index (χ3n) is 2.43. The van der Waals surface area contributed by atoms with Gasteiger partial charge in [-0.25, -0.2) is 0 Å². The summed E-state index contributed by atoms with van der Waals surface area (Å²) in [5.41, 5.74) is 3.32. The first-order chi connectivity index (χ1) is 7.43. The van der Waals surface area contributed by atoms with Crippen LogP contribution in [-0.4, -0.2) is 0 Å². The van der Waals surface area contributed by atoms with Crippen molar-refractivity contribution >= 4 is 0 Å². The molecule has 0 aromatic carbocycles. The van der Waals surface area contributed by atoms with E-state index in [1.54, 1.807) is 6.26 Å². The minimum atomic E-state index is 0.869. The molecular formula is C14H9O. The van der Waals surface area contributed by atoms with Gasteiger partial charge >= 0.3 is 0 Å². The Balaban J connectivity index is 2.20. The Kier molecular flexibility index (Phi) is 1.82. The van der Waals surface area contributed by atoms with Crippen molar-refractivity contribution in [2.24, 2.45) is 0 Å². The molecule has 0 unspecified atom stereocenters. The van der Waals surface area contributed by atoms with E-state index < -0.39 is 0 Å². The van der Waals surface area contributed by atoms with E-state index in [2.05, 4.69) is 24.3 Å². The van der Waals surface area contributed by atoms with E-state index in [-0.39, 0.29) is 0 Å². The molecule has 3 rings (SSSR count). The van der Waals surface area contributed by atoms with Crippen molar-refractivity contribution in [2.45, 2.75) is 0 Å². The molecule has 0 amide bonds. The van der Waals surface area contributed by atoms with E-state index in [1.165, 1.54) is 5.56 Å². The molecule has 2 aliphatic rings. The van der Waals surface area contributed by atoms with Crippen LogP contribution in [-0.2, 0) is 0 Å². The predicted octanol–water partition coefficient (Wildman–Crippen LogP) is 3.85. The minimum absolute atomic E-state index is 0.869. The van der Waals surface area contributed by atoms with Gasteiger partial charge in [-0.15, -0.1) is 0 Å². The zero-order chi connectivity index (χ0) is 10.1. The number of hydrogen-bond acceptors (Lipinski definition) is 1. The van der Waals surface area contributed by atoms with Crippen LogP contribution in [0.5, 0.6) is 0 Å². The average Bonchev–Trinajstić information content (AvgIpc) is 2.84. The molecule has 15 heavy (non-hydrogen) atoms. The minimum Gasteiger partial charge on any atom is -0.464 e. The van der Waals surface area contributed by atoms with Crippen LogP contribution in [0.3, 0.4) is 0 Å². The van der Waals surface area contributed by atoms with Gasteiger partial charge in [0, 0.05) is 11.6 Å². The van der Waals surface area contributed by atoms with Gasteiger partial charge in [0.25, 0.3) is 0 Å². The fraction of sp³-hybridized carbons (Fsp3) is 0. The summed E-state index contributed by atoms with van der Waals surface area (Å²) in [5.74, 6) is 0.869. The Morgan fingerprint density at radius 3 is 2.67 bits per heavy atom.